The fraction of sp³-hybridized carbons (Fsp3) is 0.314. The van der Waals surface area contributed by atoms with Gasteiger partial charge in [0.15, 0.2) is 11.5 Å². The standard InChI is InChI=1S/C14H20Br2N2.C12H11ClN2O5S.C9H11NO4/c1-18(12-5-3-2-4-6-12)9-10-7-11(15)8-13(16)14(10)17;13-9-5-10(15-6-7-2-1-3-20-7)8(12(16)17)4-11(9)21(14,18)19;10-6(9(13)14)3-5-1-2-7(11)8(12)4-5/h7-8,12H,2-6,9,17H2,1H3;1-5,15H,6H2,(H,16,17)(H2,14,18,19);1-2,4,6,11-12H,3,10H2,(H,13,14)/t;;6-/m..0/s1. The zero-order valence-corrected chi connectivity index (χ0v) is 33.4. The number of phenolic OH excluding ortho intramolecular Hbond substituents is 2. The van der Waals surface area contributed by atoms with Crippen LogP contribution in [-0.2, 0) is 34.3 Å². The number of halogens is 3. The van der Waals surface area contributed by atoms with E-state index in [1.54, 1.807) is 12.1 Å². The molecule has 53 heavy (non-hydrogen) atoms. The van der Waals surface area contributed by atoms with Crippen LogP contribution in [0, 0.1) is 0 Å². The number of aromatic hydroxyl groups is 2. The molecule has 288 valence electrons. The normalized spacial score (nSPS) is 13.6. The van der Waals surface area contributed by atoms with Crippen LogP contribution in [0.4, 0.5) is 11.4 Å². The number of nitrogens with two attached hydrogens (primary N) is 3. The lowest BCUT2D eigenvalue weighted by Crippen LogP contribution is -2.33. The highest BCUT2D eigenvalue weighted by Crippen LogP contribution is 2.31. The van der Waals surface area contributed by atoms with Crippen molar-refractivity contribution < 1.29 is 42.9 Å². The van der Waals surface area contributed by atoms with E-state index in [1.807, 2.05) is 6.07 Å². The molecule has 0 radical (unpaired) electrons. The molecule has 0 amide bonds. The number of hydrogen-bond acceptors (Lipinski definition) is 11. The van der Waals surface area contributed by atoms with Crippen LogP contribution in [-0.4, -0.2) is 64.8 Å². The third-order valence-corrected chi connectivity index (χ3v) is 10.7. The molecule has 3 aromatic carbocycles. The predicted molar refractivity (Wildman–Crippen MR) is 210 cm³/mol. The Hall–Kier alpha value is -3.84. The Labute approximate surface area is 329 Å². The van der Waals surface area contributed by atoms with Crippen molar-refractivity contribution in [3.8, 4) is 11.5 Å². The summed E-state index contributed by atoms with van der Waals surface area (Å²) in [6.07, 6.45) is 8.38. The molecule has 18 heteroatoms. The fourth-order valence-corrected chi connectivity index (χ4v) is 7.83. The molecular weight excluding hydrogens is 862 g/mol. The topological polar surface area (TPSA) is 256 Å². The molecule has 4 aromatic rings. The number of nitrogens with one attached hydrogen (secondary N) is 1. The smallest absolute Gasteiger partial charge is 0.337 e. The minimum atomic E-state index is -4.11. The summed E-state index contributed by atoms with van der Waals surface area (Å²) >= 11 is 12.9. The minimum Gasteiger partial charge on any atom is -0.504 e. The molecule has 0 bridgehead atoms. The third-order valence-electron chi connectivity index (χ3n) is 8.25. The molecule has 1 aliphatic carbocycles. The fourth-order valence-electron chi connectivity index (χ4n) is 5.42. The van der Waals surface area contributed by atoms with Crippen LogP contribution in [0.15, 0.2) is 79.1 Å². The second-order valence-electron chi connectivity index (χ2n) is 12.3. The summed E-state index contributed by atoms with van der Waals surface area (Å²) in [6.45, 7) is 1.15. The van der Waals surface area contributed by atoms with Crippen molar-refractivity contribution in [3.05, 3.63) is 97.3 Å². The van der Waals surface area contributed by atoms with Crippen LogP contribution in [0.3, 0.4) is 0 Å². The average Bonchev–Trinajstić information content (AvgIpc) is 3.62. The van der Waals surface area contributed by atoms with E-state index in [2.05, 4.69) is 55.2 Å². The maximum absolute atomic E-state index is 11.3. The lowest BCUT2D eigenvalue weighted by Gasteiger charge is -2.31. The number of carbonyl (C=O) groups is 2. The highest BCUT2D eigenvalue weighted by molar-refractivity contribution is 9.11. The Kier molecular flexibility index (Phi) is 16.4. The number of anilines is 2. The Morgan fingerprint density at radius 2 is 1.72 bits per heavy atom. The van der Waals surface area contributed by atoms with Crippen LogP contribution < -0.4 is 21.9 Å². The van der Waals surface area contributed by atoms with Gasteiger partial charge >= 0.3 is 11.9 Å². The Morgan fingerprint density at radius 3 is 2.28 bits per heavy atom. The first-order chi connectivity index (χ1) is 24.9. The van der Waals surface area contributed by atoms with Crippen molar-refractivity contribution in [1.82, 2.24) is 4.90 Å². The SMILES string of the molecule is CN(Cc1cc(Br)cc(Br)c1N)C1CCCCC1.NS(=O)(=O)c1cc(C(=O)O)c(NCc2ccco2)cc1Cl.N[C@@H](Cc1ccc(O)c(O)c1)C(=O)O. The first-order valence-electron chi connectivity index (χ1n) is 16.2. The number of carboxylic acids is 2. The van der Waals surface area contributed by atoms with Gasteiger partial charge in [0.2, 0.25) is 10.0 Å². The zero-order chi connectivity index (χ0) is 39.5. The van der Waals surface area contributed by atoms with E-state index in [0.29, 0.717) is 11.3 Å². The summed E-state index contributed by atoms with van der Waals surface area (Å²) in [5, 5.41) is 43.4. The first-order valence-corrected chi connectivity index (χ1v) is 19.7. The van der Waals surface area contributed by atoms with Crippen molar-refractivity contribution in [2.75, 3.05) is 18.1 Å². The van der Waals surface area contributed by atoms with E-state index in [-0.39, 0.29) is 40.7 Å². The summed E-state index contributed by atoms with van der Waals surface area (Å²) in [5.41, 5.74) is 14.0. The number of primary sulfonamides is 1. The van der Waals surface area contributed by atoms with Gasteiger partial charge in [-0.2, -0.15) is 0 Å². The van der Waals surface area contributed by atoms with E-state index in [0.717, 1.165) is 33.3 Å². The van der Waals surface area contributed by atoms with Crippen molar-refractivity contribution in [3.63, 3.8) is 0 Å². The number of furan rings is 1. The second kappa shape index (κ2) is 20.0. The number of aliphatic carboxylic acids is 1. The van der Waals surface area contributed by atoms with Gasteiger partial charge in [0.05, 0.1) is 34.8 Å². The van der Waals surface area contributed by atoms with Gasteiger partial charge in [-0.1, -0.05) is 52.9 Å². The highest BCUT2D eigenvalue weighted by Gasteiger charge is 2.21. The molecule has 1 heterocycles. The van der Waals surface area contributed by atoms with Crippen LogP contribution >= 0.6 is 43.5 Å². The summed E-state index contributed by atoms with van der Waals surface area (Å²) in [6, 6.07) is 13.4. The number of nitrogens with zero attached hydrogens (tertiary/aromatic N) is 1. The first kappa shape index (κ1) is 43.6. The van der Waals surface area contributed by atoms with Gasteiger partial charge in [0.1, 0.15) is 16.7 Å². The number of carboxylic acid groups (broad SMARTS) is 2. The van der Waals surface area contributed by atoms with Crippen LogP contribution in [0.2, 0.25) is 5.02 Å². The number of aromatic carboxylic acids is 1. The highest BCUT2D eigenvalue weighted by atomic mass is 79.9. The van der Waals surface area contributed by atoms with Crippen molar-refractivity contribution in [2.24, 2.45) is 10.9 Å². The molecule has 1 fully saturated rings. The van der Waals surface area contributed by atoms with E-state index >= 15 is 0 Å². The van der Waals surface area contributed by atoms with Gasteiger partial charge in [-0.3, -0.25) is 9.69 Å². The Morgan fingerprint density at radius 1 is 1.04 bits per heavy atom. The molecule has 1 saturated carbocycles. The summed E-state index contributed by atoms with van der Waals surface area (Å²) in [4.78, 5) is 23.7. The van der Waals surface area contributed by atoms with Gasteiger partial charge < -0.3 is 41.6 Å². The molecule has 1 atom stereocenters. The average molecular weight is 904 g/mol. The molecule has 11 N–H and O–H groups in total. The van der Waals surface area contributed by atoms with Gasteiger partial charge in [0.25, 0.3) is 0 Å². The Balaban J connectivity index is 0.000000219. The van der Waals surface area contributed by atoms with Crippen LogP contribution in [0.5, 0.6) is 11.5 Å². The number of phenols is 2. The lowest BCUT2D eigenvalue weighted by atomic mass is 9.94. The number of rotatable bonds is 11. The number of hydrogen-bond donors (Lipinski definition) is 8. The Bertz CT molecular complexity index is 1980. The van der Waals surface area contributed by atoms with E-state index in [1.165, 1.54) is 68.2 Å². The molecule has 1 aromatic heterocycles. The molecule has 0 unspecified atom stereocenters. The molecule has 5 rings (SSSR count). The van der Waals surface area contributed by atoms with E-state index in [9.17, 15) is 18.0 Å². The monoisotopic (exact) mass is 901 g/mol. The maximum atomic E-state index is 11.3. The predicted octanol–water partition coefficient (Wildman–Crippen LogP) is 6.50. The maximum Gasteiger partial charge on any atom is 0.337 e. The van der Waals surface area contributed by atoms with Crippen molar-refractivity contribution in [2.45, 2.75) is 68.6 Å². The largest absolute Gasteiger partial charge is 0.504 e. The quantitative estimate of drug-likeness (QED) is 0.0592. The van der Waals surface area contributed by atoms with Crippen molar-refractivity contribution in [1.29, 1.82) is 0 Å². The summed E-state index contributed by atoms with van der Waals surface area (Å²) < 4.78 is 29.9. The van der Waals surface area contributed by atoms with Crippen LogP contribution in [0.1, 0.15) is 59.3 Å². The van der Waals surface area contributed by atoms with Crippen molar-refractivity contribution >= 4 is 76.8 Å². The van der Waals surface area contributed by atoms with Gasteiger partial charge in [-0.05, 0) is 102 Å². The van der Waals surface area contributed by atoms with E-state index < -0.39 is 32.9 Å². The van der Waals surface area contributed by atoms with E-state index in [4.69, 9.17) is 53.1 Å². The summed E-state index contributed by atoms with van der Waals surface area (Å²) in [7, 11) is -1.89. The van der Waals surface area contributed by atoms with Gasteiger partial charge in [-0.15, -0.1) is 0 Å². The molecule has 0 spiro atoms. The molecular formula is C35H42Br2ClN5O9S. The third kappa shape index (κ3) is 13.5. The lowest BCUT2D eigenvalue weighted by molar-refractivity contribution is -0.138. The zero-order valence-electron chi connectivity index (χ0n) is 28.6. The number of benzene rings is 3. The molecule has 0 aliphatic heterocycles. The second-order valence-corrected chi connectivity index (χ2v) is 16.0. The number of sulfonamides is 1. The van der Waals surface area contributed by atoms with Gasteiger partial charge in [0, 0.05) is 21.5 Å². The van der Waals surface area contributed by atoms with Crippen LogP contribution in [0.25, 0.3) is 0 Å². The summed E-state index contributed by atoms with van der Waals surface area (Å²) in [5.74, 6) is -2.34. The molecule has 1 aliphatic rings. The van der Waals surface area contributed by atoms with Gasteiger partial charge in [-0.25, -0.2) is 18.4 Å². The minimum absolute atomic E-state index is 0.114. The molecule has 0 saturated heterocycles. The number of nitrogen functional groups attached to an aromatic ring is 1. The molecule has 14 nitrogen and oxygen atoms in total.